The van der Waals surface area contributed by atoms with Crippen LogP contribution in [-0.4, -0.2) is 25.2 Å². The Balaban J connectivity index is 1.78. The minimum absolute atomic E-state index is 0.162. The molecule has 0 bridgehead atoms. The molecule has 0 aliphatic carbocycles. The third-order valence-electron chi connectivity index (χ3n) is 3.25. The Kier molecular flexibility index (Phi) is 7.75. The fourth-order valence-electron chi connectivity index (χ4n) is 2.07. The number of esters is 2. The van der Waals surface area contributed by atoms with Gasteiger partial charge in [-0.25, -0.2) is 4.79 Å². The average molecular weight is 397 g/mol. The number of benzene rings is 2. The summed E-state index contributed by atoms with van der Waals surface area (Å²) in [6.07, 6.45) is 0.615. The third-order valence-corrected chi connectivity index (χ3v) is 3.78. The maximum Gasteiger partial charge on any atom is 0.338 e. The molecule has 0 fully saturated rings. The molecule has 0 atom stereocenters. The molecule has 0 amide bonds. The topological polar surface area (TPSA) is 61.8 Å². The van der Waals surface area contributed by atoms with Crippen LogP contribution >= 0.6 is 23.2 Å². The Morgan fingerprint density at radius 1 is 1.08 bits per heavy atom. The normalized spacial score (nSPS) is 10.3. The van der Waals surface area contributed by atoms with Crippen LogP contribution in [0.15, 0.2) is 42.5 Å². The van der Waals surface area contributed by atoms with Gasteiger partial charge in [-0.3, -0.25) is 4.79 Å². The van der Waals surface area contributed by atoms with Crippen molar-refractivity contribution in [3.63, 3.8) is 0 Å². The molecule has 0 aromatic heterocycles. The molecule has 0 saturated carbocycles. The summed E-state index contributed by atoms with van der Waals surface area (Å²) in [5.41, 5.74) is 0.331. The highest BCUT2D eigenvalue weighted by Crippen LogP contribution is 2.27. The minimum atomic E-state index is -0.460. The molecule has 0 N–H and O–H groups in total. The van der Waals surface area contributed by atoms with E-state index in [0.717, 1.165) is 0 Å². The second kappa shape index (κ2) is 10.0. The molecule has 5 nitrogen and oxygen atoms in total. The zero-order valence-corrected chi connectivity index (χ0v) is 15.7. The van der Waals surface area contributed by atoms with Gasteiger partial charge in [-0.2, -0.15) is 0 Å². The van der Waals surface area contributed by atoms with Crippen molar-refractivity contribution in [2.45, 2.75) is 19.8 Å². The SMILES string of the molecule is CCOC(=O)c1cccc(OC(=O)CCCOc2ccc(Cl)cc2Cl)c1. The van der Waals surface area contributed by atoms with E-state index in [-0.39, 0.29) is 13.0 Å². The summed E-state index contributed by atoms with van der Waals surface area (Å²) in [4.78, 5) is 23.6. The van der Waals surface area contributed by atoms with E-state index in [1.165, 1.54) is 6.07 Å². The van der Waals surface area contributed by atoms with Crippen LogP contribution in [0.5, 0.6) is 11.5 Å². The quantitative estimate of drug-likeness (QED) is 0.359. The van der Waals surface area contributed by atoms with Crippen molar-refractivity contribution in [3.8, 4) is 11.5 Å². The number of carbonyl (C=O) groups excluding carboxylic acids is 2. The molecule has 7 heteroatoms. The van der Waals surface area contributed by atoms with Crippen LogP contribution in [0.3, 0.4) is 0 Å². The molecule has 2 aromatic carbocycles. The van der Waals surface area contributed by atoms with Gasteiger partial charge in [0, 0.05) is 11.4 Å². The van der Waals surface area contributed by atoms with Gasteiger partial charge in [0.2, 0.25) is 0 Å². The molecular formula is C19H18Cl2O5. The predicted octanol–water partition coefficient (Wildman–Crippen LogP) is 4.93. The summed E-state index contributed by atoms with van der Waals surface area (Å²) < 4.78 is 15.7. The number of hydrogen-bond donors (Lipinski definition) is 0. The van der Waals surface area contributed by atoms with Gasteiger partial charge >= 0.3 is 11.9 Å². The van der Waals surface area contributed by atoms with Gasteiger partial charge in [-0.15, -0.1) is 0 Å². The first-order valence-electron chi connectivity index (χ1n) is 8.05. The molecule has 2 aromatic rings. The zero-order valence-electron chi connectivity index (χ0n) is 14.2. The molecule has 0 unspecified atom stereocenters. The van der Waals surface area contributed by atoms with E-state index < -0.39 is 11.9 Å². The van der Waals surface area contributed by atoms with Gasteiger partial charge in [-0.05, 0) is 49.7 Å². The molecule has 2 rings (SSSR count). The van der Waals surface area contributed by atoms with Crippen molar-refractivity contribution < 1.29 is 23.8 Å². The Labute approximate surface area is 161 Å². The van der Waals surface area contributed by atoms with Crippen molar-refractivity contribution >= 4 is 35.1 Å². The van der Waals surface area contributed by atoms with Crippen LogP contribution in [0.1, 0.15) is 30.1 Å². The summed E-state index contributed by atoms with van der Waals surface area (Å²) in [5.74, 6) is -0.0794. The van der Waals surface area contributed by atoms with E-state index in [2.05, 4.69) is 0 Å². The van der Waals surface area contributed by atoms with E-state index >= 15 is 0 Å². The second-order valence-corrected chi connectivity index (χ2v) is 6.09. The van der Waals surface area contributed by atoms with Crippen molar-refractivity contribution in [1.29, 1.82) is 0 Å². The monoisotopic (exact) mass is 396 g/mol. The highest BCUT2D eigenvalue weighted by Gasteiger charge is 2.10. The van der Waals surface area contributed by atoms with Gasteiger partial charge in [0.15, 0.2) is 0 Å². The van der Waals surface area contributed by atoms with Crippen LogP contribution in [-0.2, 0) is 9.53 Å². The maximum absolute atomic E-state index is 11.9. The lowest BCUT2D eigenvalue weighted by Crippen LogP contribution is -2.11. The summed E-state index contributed by atoms with van der Waals surface area (Å²) in [7, 11) is 0. The van der Waals surface area contributed by atoms with E-state index in [1.54, 1.807) is 43.3 Å². The Morgan fingerprint density at radius 3 is 2.62 bits per heavy atom. The molecule has 0 saturated heterocycles. The Hall–Kier alpha value is -2.24. The van der Waals surface area contributed by atoms with E-state index in [0.29, 0.717) is 40.1 Å². The molecule has 0 aliphatic rings. The van der Waals surface area contributed by atoms with Gasteiger partial charge in [0.1, 0.15) is 11.5 Å². The van der Waals surface area contributed by atoms with Crippen molar-refractivity contribution in [3.05, 3.63) is 58.1 Å². The molecule has 0 aliphatic heterocycles. The molecule has 138 valence electrons. The van der Waals surface area contributed by atoms with Crippen molar-refractivity contribution in [2.75, 3.05) is 13.2 Å². The lowest BCUT2D eigenvalue weighted by Gasteiger charge is -2.09. The van der Waals surface area contributed by atoms with E-state index in [1.807, 2.05) is 0 Å². The van der Waals surface area contributed by atoms with Crippen molar-refractivity contribution in [1.82, 2.24) is 0 Å². The lowest BCUT2D eigenvalue weighted by molar-refractivity contribution is -0.134. The van der Waals surface area contributed by atoms with Crippen LogP contribution in [0.4, 0.5) is 0 Å². The fourth-order valence-corrected chi connectivity index (χ4v) is 2.54. The largest absolute Gasteiger partial charge is 0.492 e. The first kappa shape index (κ1) is 20.1. The summed E-state index contributed by atoms with van der Waals surface area (Å²) in [5, 5.41) is 0.937. The standard InChI is InChI=1S/C19H18Cl2O5/c1-2-24-19(23)13-5-3-6-15(11-13)26-18(22)7-4-10-25-17-9-8-14(20)12-16(17)21/h3,5-6,8-9,11-12H,2,4,7,10H2,1H3. The second-order valence-electron chi connectivity index (χ2n) is 5.25. The van der Waals surface area contributed by atoms with Crippen LogP contribution < -0.4 is 9.47 Å². The summed E-state index contributed by atoms with van der Waals surface area (Å²) in [6.45, 7) is 2.31. The lowest BCUT2D eigenvalue weighted by atomic mass is 10.2. The van der Waals surface area contributed by atoms with Crippen molar-refractivity contribution in [2.24, 2.45) is 0 Å². The van der Waals surface area contributed by atoms with E-state index in [4.69, 9.17) is 37.4 Å². The predicted molar refractivity (Wildman–Crippen MR) is 99.2 cm³/mol. The zero-order chi connectivity index (χ0) is 18.9. The Morgan fingerprint density at radius 2 is 1.88 bits per heavy atom. The number of rotatable bonds is 8. The highest BCUT2D eigenvalue weighted by molar-refractivity contribution is 6.35. The Bertz CT molecular complexity index is 776. The first-order chi connectivity index (χ1) is 12.5. The highest BCUT2D eigenvalue weighted by atomic mass is 35.5. The number of halogens is 2. The molecule has 0 heterocycles. The maximum atomic E-state index is 11.9. The number of ether oxygens (including phenoxy) is 3. The number of carbonyl (C=O) groups is 2. The van der Waals surface area contributed by atoms with Crippen LogP contribution in [0, 0.1) is 0 Å². The smallest absolute Gasteiger partial charge is 0.338 e. The van der Waals surface area contributed by atoms with E-state index in [9.17, 15) is 9.59 Å². The minimum Gasteiger partial charge on any atom is -0.492 e. The molecule has 26 heavy (non-hydrogen) atoms. The molecule has 0 radical (unpaired) electrons. The fraction of sp³-hybridized carbons (Fsp3) is 0.263. The summed E-state index contributed by atoms with van der Waals surface area (Å²) >= 11 is 11.8. The van der Waals surface area contributed by atoms with Gasteiger partial charge in [-0.1, -0.05) is 29.3 Å². The summed E-state index contributed by atoms with van der Waals surface area (Å²) in [6, 6.07) is 11.2. The average Bonchev–Trinajstić information content (AvgIpc) is 2.60. The molecular weight excluding hydrogens is 379 g/mol. The first-order valence-corrected chi connectivity index (χ1v) is 8.81. The van der Waals surface area contributed by atoms with Gasteiger partial charge in [0.25, 0.3) is 0 Å². The third kappa shape index (κ3) is 6.24. The van der Waals surface area contributed by atoms with Gasteiger partial charge in [0.05, 0.1) is 23.8 Å². The van der Waals surface area contributed by atoms with Gasteiger partial charge < -0.3 is 14.2 Å². The van der Waals surface area contributed by atoms with Crippen LogP contribution in [0.2, 0.25) is 10.0 Å². The molecule has 0 spiro atoms. The van der Waals surface area contributed by atoms with Crippen LogP contribution in [0.25, 0.3) is 0 Å². The number of hydrogen-bond acceptors (Lipinski definition) is 5.